The summed E-state index contributed by atoms with van der Waals surface area (Å²) in [5.41, 5.74) is 0.655. The van der Waals surface area contributed by atoms with E-state index in [4.69, 9.17) is 9.84 Å². The van der Waals surface area contributed by atoms with Gasteiger partial charge in [0.25, 0.3) is 0 Å². The van der Waals surface area contributed by atoms with Crippen LogP contribution in [0.1, 0.15) is 13.8 Å². The van der Waals surface area contributed by atoms with Gasteiger partial charge in [-0.3, -0.25) is 0 Å². The first-order valence-corrected chi connectivity index (χ1v) is 6.79. The van der Waals surface area contributed by atoms with Crippen LogP contribution in [-0.4, -0.2) is 30.9 Å². The largest absolute Gasteiger partial charge is 0.497 e. The topological polar surface area (TPSA) is 70.6 Å². The molecule has 0 aromatic heterocycles. The Morgan fingerprint density at radius 3 is 2.68 bits per heavy atom. The van der Waals surface area contributed by atoms with Crippen LogP contribution in [0.25, 0.3) is 0 Å². The third-order valence-electron chi connectivity index (χ3n) is 2.92. The zero-order valence-corrected chi connectivity index (χ0v) is 12.8. The molecule has 1 aromatic carbocycles. The molecule has 0 saturated heterocycles. The lowest BCUT2D eigenvalue weighted by Gasteiger charge is -2.19. The molecule has 0 aliphatic rings. The summed E-state index contributed by atoms with van der Waals surface area (Å²) in [7, 11) is 1.58. The number of carbonyl (C=O) groups excluding carboxylic acids is 1. The van der Waals surface area contributed by atoms with Crippen molar-refractivity contribution in [2.45, 2.75) is 19.9 Å². The van der Waals surface area contributed by atoms with Gasteiger partial charge in [-0.1, -0.05) is 6.92 Å². The van der Waals surface area contributed by atoms with Crippen molar-refractivity contribution in [1.82, 2.24) is 5.32 Å². The Bertz CT molecular complexity index is 440. The molecule has 106 valence electrons. The Labute approximate surface area is 121 Å². The lowest BCUT2D eigenvalue weighted by molar-refractivity contribution is 0.204. The molecule has 19 heavy (non-hydrogen) atoms. The number of hydrogen-bond donors (Lipinski definition) is 3. The zero-order chi connectivity index (χ0) is 14.4. The number of halogens is 1. The minimum absolute atomic E-state index is 0.00468. The van der Waals surface area contributed by atoms with Crippen LogP contribution in [-0.2, 0) is 0 Å². The molecule has 0 bridgehead atoms. The molecule has 0 heterocycles. The highest BCUT2D eigenvalue weighted by Gasteiger charge is 2.14. The van der Waals surface area contributed by atoms with Crippen LogP contribution in [0.4, 0.5) is 10.5 Å². The molecule has 3 N–H and O–H groups in total. The molecule has 0 aliphatic heterocycles. The minimum atomic E-state index is -0.307. The van der Waals surface area contributed by atoms with Crippen LogP contribution in [0, 0.1) is 5.92 Å². The number of amides is 2. The number of urea groups is 1. The van der Waals surface area contributed by atoms with Crippen molar-refractivity contribution in [3.8, 4) is 5.75 Å². The maximum absolute atomic E-state index is 11.8. The van der Waals surface area contributed by atoms with Gasteiger partial charge in [-0.15, -0.1) is 0 Å². The second kappa shape index (κ2) is 7.35. The van der Waals surface area contributed by atoms with E-state index in [0.29, 0.717) is 11.4 Å². The van der Waals surface area contributed by atoms with Gasteiger partial charge in [0.05, 0.1) is 12.8 Å². The summed E-state index contributed by atoms with van der Waals surface area (Å²) in [4.78, 5) is 11.8. The maximum atomic E-state index is 11.8. The van der Waals surface area contributed by atoms with Crippen molar-refractivity contribution < 1.29 is 14.6 Å². The fourth-order valence-corrected chi connectivity index (χ4v) is 1.85. The summed E-state index contributed by atoms with van der Waals surface area (Å²) in [6, 6.07) is 4.87. The van der Waals surface area contributed by atoms with Crippen molar-refractivity contribution in [3.05, 3.63) is 22.7 Å². The number of hydrogen-bond acceptors (Lipinski definition) is 3. The van der Waals surface area contributed by atoms with E-state index in [1.165, 1.54) is 0 Å². The summed E-state index contributed by atoms with van der Waals surface area (Å²) in [6.45, 7) is 3.76. The van der Waals surface area contributed by atoms with Crippen molar-refractivity contribution >= 4 is 27.6 Å². The fourth-order valence-electron chi connectivity index (χ4n) is 1.39. The van der Waals surface area contributed by atoms with E-state index in [9.17, 15) is 4.79 Å². The second-order valence-electron chi connectivity index (χ2n) is 4.39. The Morgan fingerprint density at radius 2 is 2.16 bits per heavy atom. The number of aliphatic hydroxyl groups is 1. The third kappa shape index (κ3) is 4.72. The number of benzene rings is 1. The van der Waals surface area contributed by atoms with E-state index < -0.39 is 0 Å². The van der Waals surface area contributed by atoms with Gasteiger partial charge in [0.2, 0.25) is 0 Å². The van der Waals surface area contributed by atoms with Gasteiger partial charge in [0, 0.05) is 17.1 Å². The van der Waals surface area contributed by atoms with Crippen LogP contribution in [0.5, 0.6) is 5.75 Å². The summed E-state index contributed by atoms with van der Waals surface area (Å²) in [5.74, 6) is 0.713. The SMILES string of the molecule is COc1ccc(NC(=O)N[C@H](C)[C@H](C)CO)c(Br)c1. The Kier molecular flexibility index (Phi) is 6.11. The molecule has 1 aromatic rings. The molecule has 6 heteroatoms. The predicted molar refractivity (Wildman–Crippen MR) is 78.6 cm³/mol. The first kappa shape index (κ1) is 15.8. The molecule has 0 spiro atoms. The first-order chi connectivity index (χ1) is 8.97. The fraction of sp³-hybridized carbons (Fsp3) is 0.462. The van der Waals surface area contributed by atoms with Gasteiger partial charge in [-0.05, 0) is 47.0 Å². The molecule has 5 nitrogen and oxygen atoms in total. The zero-order valence-electron chi connectivity index (χ0n) is 11.2. The Morgan fingerprint density at radius 1 is 1.47 bits per heavy atom. The quantitative estimate of drug-likeness (QED) is 0.777. The van der Waals surface area contributed by atoms with Gasteiger partial charge in [0.15, 0.2) is 0 Å². The first-order valence-electron chi connectivity index (χ1n) is 5.99. The van der Waals surface area contributed by atoms with Crippen molar-refractivity contribution in [2.24, 2.45) is 5.92 Å². The van der Waals surface area contributed by atoms with E-state index in [1.54, 1.807) is 25.3 Å². The molecule has 0 saturated carbocycles. The van der Waals surface area contributed by atoms with Crippen LogP contribution >= 0.6 is 15.9 Å². The smallest absolute Gasteiger partial charge is 0.319 e. The molecule has 1 rings (SSSR count). The van der Waals surface area contributed by atoms with E-state index in [0.717, 1.165) is 4.47 Å². The lowest BCUT2D eigenvalue weighted by atomic mass is 10.1. The van der Waals surface area contributed by atoms with E-state index >= 15 is 0 Å². The molecule has 2 amide bonds. The highest BCUT2D eigenvalue weighted by atomic mass is 79.9. The van der Waals surface area contributed by atoms with Crippen molar-refractivity contribution in [2.75, 3.05) is 19.0 Å². The van der Waals surface area contributed by atoms with Gasteiger partial charge in [-0.25, -0.2) is 4.79 Å². The molecule has 0 radical (unpaired) electrons. The highest BCUT2D eigenvalue weighted by molar-refractivity contribution is 9.10. The number of rotatable bonds is 5. The van der Waals surface area contributed by atoms with E-state index in [2.05, 4.69) is 26.6 Å². The van der Waals surface area contributed by atoms with Crippen LogP contribution in [0.2, 0.25) is 0 Å². The second-order valence-corrected chi connectivity index (χ2v) is 5.25. The molecule has 0 unspecified atom stereocenters. The molecule has 0 aliphatic carbocycles. The van der Waals surface area contributed by atoms with Crippen LogP contribution in [0.15, 0.2) is 22.7 Å². The molecular weight excluding hydrogens is 312 g/mol. The van der Waals surface area contributed by atoms with Crippen molar-refractivity contribution in [1.29, 1.82) is 0 Å². The summed E-state index contributed by atoms with van der Waals surface area (Å²) < 4.78 is 5.82. The monoisotopic (exact) mass is 330 g/mol. The number of ether oxygens (including phenoxy) is 1. The van der Waals surface area contributed by atoms with E-state index in [1.807, 2.05) is 13.8 Å². The van der Waals surface area contributed by atoms with Gasteiger partial charge < -0.3 is 20.5 Å². The average molecular weight is 331 g/mol. The van der Waals surface area contributed by atoms with Crippen molar-refractivity contribution in [3.63, 3.8) is 0 Å². The third-order valence-corrected chi connectivity index (χ3v) is 3.58. The maximum Gasteiger partial charge on any atom is 0.319 e. The van der Waals surface area contributed by atoms with E-state index in [-0.39, 0.29) is 24.6 Å². The van der Waals surface area contributed by atoms with Gasteiger partial charge >= 0.3 is 6.03 Å². The number of carbonyl (C=O) groups is 1. The molecule has 2 atom stereocenters. The average Bonchev–Trinajstić information content (AvgIpc) is 2.39. The predicted octanol–water partition coefficient (Wildman–Crippen LogP) is 2.60. The summed E-state index contributed by atoms with van der Waals surface area (Å²) >= 11 is 3.36. The minimum Gasteiger partial charge on any atom is -0.497 e. The summed E-state index contributed by atoms with van der Waals surface area (Å²) in [5, 5.41) is 14.5. The number of aliphatic hydroxyl groups excluding tert-OH is 1. The van der Waals surface area contributed by atoms with Gasteiger partial charge in [-0.2, -0.15) is 0 Å². The van der Waals surface area contributed by atoms with Crippen LogP contribution < -0.4 is 15.4 Å². The van der Waals surface area contributed by atoms with Gasteiger partial charge in [0.1, 0.15) is 5.75 Å². The lowest BCUT2D eigenvalue weighted by Crippen LogP contribution is -2.40. The Balaban J connectivity index is 2.62. The summed E-state index contributed by atoms with van der Waals surface area (Å²) in [6.07, 6.45) is 0. The normalized spacial score (nSPS) is 13.5. The number of nitrogens with one attached hydrogen (secondary N) is 2. The Hall–Kier alpha value is -1.27. The highest BCUT2D eigenvalue weighted by Crippen LogP contribution is 2.26. The number of anilines is 1. The standard InChI is InChI=1S/C13H19BrN2O3/c1-8(7-17)9(2)15-13(18)16-12-5-4-10(19-3)6-11(12)14/h4-6,8-9,17H,7H2,1-3H3,(H2,15,16,18)/t8-,9-/m1/s1. The molecular formula is C13H19BrN2O3. The molecule has 0 fully saturated rings. The number of methoxy groups -OCH3 is 1. The van der Waals surface area contributed by atoms with Crippen LogP contribution in [0.3, 0.4) is 0 Å².